The standard InChI is InChI=1S/C33H45N3O5S/c1-4-12-23(3)34-21-11-18-33-28(31(39)36(29(33)32(34)40)19-8-6-7-9-22-37)27-26(42-33)13-10-20-35(30(27)38)24-14-16-25(17-15-24)41-5-2/h10-11,13-18,23,26-29,37H,4-9,12,19-22H2,1-3H3/t23?,26-,27+,28-,29?,33-/m0/s1. The first-order valence-electron chi connectivity index (χ1n) is 15.7. The Morgan fingerprint density at radius 2 is 1.76 bits per heavy atom. The maximum atomic E-state index is 14.5. The Balaban J connectivity index is 1.49. The number of carbonyl (C=O) groups is 3. The lowest BCUT2D eigenvalue weighted by Gasteiger charge is -2.37. The van der Waals surface area contributed by atoms with Gasteiger partial charge < -0.3 is 24.5 Å². The van der Waals surface area contributed by atoms with E-state index in [-0.39, 0.29) is 35.6 Å². The summed E-state index contributed by atoms with van der Waals surface area (Å²) >= 11 is 1.63. The Morgan fingerprint density at radius 3 is 2.48 bits per heavy atom. The van der Waals surface area contributed by atoms with Crippen LogP contribution in [0.25, 0.3) is 0 Å². The van der Waals surface area contributed by atoms with Crippen molar-refractivity contribution in [3.05, 3.63) is 48.6 Å². The molecule has 4 aliphatic heterocycles. The first-order valence-corrected chi connectivity index (χ1v) is 16.5. The van der Waals surface area contributed by atoms with Gasteiger partial charge >= 0.3 is 0 Å². The van der Waals surface area contributed by atoms with Crippen LogP contribution < -0.4 is 9.64 Å². The smallest absolute Gasteiger partial charge is 0.247 e. The van der Waals surface area contributed by atoms with E-state index in [0.717, 1.165) is 50.0 Å². The van der Waals surface area contributed by atoms with Crippen LogP contribution in [0.4, 0.5) is 5.69 Å². The summed E-state index contributed by atoms with van der Waals surface area (Å²) in [5.74, 6) is -0.582. The molecule has 1 aromatic rings. The minimum absolute atomic E-state index is 0.00378. The summed E-state index contributed by atoms with van der Waals surface area (Å²) in [5, 5.41) is 9.01. The number of rotatable bonds is 12. The van der Waals surface area contributed by atoms with Crippen molar-refractivity contribution < 1.29 is 24.2 Å². The second kappa shape index (κ2) is 13.2. The van der Waals surface area contributed by atoms with E-state index in [4.69, 9.17) is 4.74 Å². The maximum absolute atomic E-state index is 14.5. The number of aliphatic hydroxyl groups excluding tert-OH is 1. The average Bonchev–Trinajstić information content (AvgIpc) is 3.28. The molecule has 0 aliphatic carbocycles. The number of ether oxygens (including phenoxy) is 1. The number of carbonyl (C=O) groups excluding carboxylic acids is 3. The fourth-order valence-electron chi connectivity index (χ4n) is 7.23. The highest BCUT2D eigenvalue weighted by atomic mass is 32.2. The number of amides is 3. The number of anilines is 1. The number of nitrogens with zero attached hydrogens (tertiary/aromatic N) is 3. The van der Waals surface area contributed by atoms with E-state index < -0.39 is 22.6 Å². The number of hydrogen-bond donors (Lipinski definition) is 1. The van der Waals surface area contributed by atoms with Crippen molar-refractivity contribution in [2.45, 2.75) is 81.4 Å². The number of unbranched alkanes of at least 4 members (excludes halogenated alkanes) is 3. The number of hydrogen-bond acceptors (Lipinski definition) is 6. The summed E-state index contributed by atoms with van der Waals surface area (Å²) in [5.41, 5.74) is 0.773. The monoisotopic (exact) mass is 595 g/mol. The number of likely N-dealkylation sites (tertiary alicyclic amines) is 1. The normalized spacial score (nSPS) is 29.3. The van der Waals surface area contributed by atoms with E-state index in [1.54, 1.807) is 21.6 Å². The lowest BCUT2D eigenvalue weighted by Crippen LogP contribution is -2.55. The molecule has 0 bridgehead atoms. The highest BCUT2D eigenvalue weighted by Gasteiger charge is 2.71. The molecule has 8 nitrogen and oxygen atoms in total. The van der Waals surface area contributed by atoms with Crippen LogP contribution in [0, 0.1) is 11.8 Å². The molecule has 0 aromatic heterocycles. The van der Waals surface area contributed by atoms with E-state index in [1.165, 1.54) is 0 Å². The van der Waals surface area contributed by atoms with Gasteiger partial charge in [0.05, 0.1) is 23.2 Å². The highest BCUT2D eigenvalue weighted by molar-refractivity contribution is 8.02. The molecular weight excluding hydrogens is 550 g/mol. The molecule has 6 atom stereocenters. The molecule has 0 saturated carbocycles. The fourth-order valence-corrected chi connectivity index (χ4v) is 9.24. The second-order valence-electron chi connectivity index (χ2n) is 11.8. The Bertz CT molecular complexity index is 1200. The fraction of sp³-hybridized carbons (Fsp3) is 0.606. The maximum Gasteiger partial charge on any atom is 0.247 e. The second-order valence-corrected chi connectivity index (χ2v) is 13.3. The Kier molecular flexibility index (Phi) is 9.67. The molecule has 1 aromatic carbocycles. The summed E-state index contributed by atoms with van der Waals surface area (Å²) in [4.78, 5) is 48.8. The molecule has 1 spiro atoms. The van der Waals surface area contributed by atoms with Crippen molar-refractivity contribution in [1.29, 1.82) is 0 Å². The van der Waals surface area contributed by atoms with Gasteiger partial charge in [0, 0.05) is 43.2 Å². The number of thioether (sulfide) groups is 1. The molecule has 2 unspecified atom stereocenters. The summed E-state index contributed by atoms with van der Waals surface area (Å²) in [7, 11) is 0. The Hall–Kier alpha value is -2.78. The lowest BCUT2D eigenvalue weighted by atomic mass is 9.78. The van der Waals surface area contributed by atoms with Crippen molar-refractivity contribution in [1.82, 2.24) is 9.80 Å². The number of fused-ring (bicyclic) bond motifs is 2. The van der Waals surface area contributed by atoms with Crippen LogP contribution in [0.2, 0.25) is 0 Å². The first-order chi connectivity index (χ1) is 20.4. The molecule has 2 fully saturated rings. The van der Waals surface area contributed by atoms with Crippen LogP contribution in [0.5, 0.6) is 5.75 Å². The zero-order chi connectivity index (χ0) is 29.9. The Labute approximate surface area is 254 Å². The quantitative estimate of drug-likeness (QED) is 0.284. The summed E-state index contributed by atoms with van der Waals surface area (Å²) in [6.45, 7) is 8.30. The molecule has 42 heavy (non-hydrogen) atoms. The zero-order valence-electron chi connectivity index (χ0n) is 25.1. The molecule has 9 heteroatoms. The molecule has 228 valence electrons. The third-order valence-corrected chi connectivity index (χ3v) is 10.9. The van der Waals surface area contributed by atoms with Crippen LogP contribution in [0.3, 0.4) is 0 Å². The molecule has 5 rings (SSSR count). The predicted molar refractivity (Wildman–Crippen MR) is 166 cm³/mol. The topological polar surface area (TPSA) is 90.4 Å². The van der Waals surface area contributed by atoms with E-state index in [2.05, 4.69) is 32.1 Å². The van der Waals surface area contributed by atoms with Crippen LogP contribution >= 0.6 is 11.8 Å². The summed E-state index contributed by atoms with van der Waals surface area (Å²) < 4.78 is 4.81. The minimum Gasteiger partial charge on any atom is -0.494 e. The van der Waals surface area contributed by atoms with Crippen LogP contribution in [-0.2, 0) is 14.4 Å². The molecule has 2 saturated heterocycles. The van der Waals surface area contributed by atoms with Crippen molar-refractivity contribution in [3.8, 4) is 5.75 Å². The lowest BCUT2D eigenvalue weighted by molar-refractivity contribution is -0.143. The highest BCUT2D eigenvalue weighted by Crippen LogP contribution is 2.61. The molecule has 4 aliphatic rings. The van der Waals surface area contributed by atoms with Crippen molar-refractivity contribution in [2.24, 2.45) is 11.8 Å². The molecule has 0 radical (unpaired) electrons. The minimum atomic E-state index is -0.795. The van der Waals surface area contributed by atoms with E-state index in [0.29, 0.717) is 26.2 Å². The van der Waals surface area contributed by atoms with Gasteiger partial charge in [0.15, 0.2) is 0 Å². The van der Waals surface area contributed by atoms with E-state index in [9.17, 15) is 19.5 Å². The number of benzene rings is 1. The molecular formula is C33H45N3O5S. The largest absolute Gasteiger partial charge is 0.494 e. The van der Waals surface area contributed by atoms with Gasteiger partial charge in [-0.15, -0.1) is 11.8 Å². The summed E-state index contributed by atoms with van der Waals surface area (Å²) in [6.07, 6.45) is 13.4. The summed E-state index contributed by atoms with van der Waals surface area (Å²) in [6, 6.07) is 6.97. The SMILES string of the molecule is CCCC(C)N1CC=C[C@]23S[C@H]4C=CCN(c5ccc(OCC)cc5)C(=O)[C@H]4[C@H]2C(=O)N(CCCCCCO)C3C1=O. The van der Waals surface area contributed by atoms with Crippen LogP contribution in [0.15, 0.2) is 48.6 Å². The van der Waals surface area contributed by atoms with Gasteiger partial charge in [-0.1, -0.05) is 50.5 Å². The van der Waals surface area contributed by atoms with Crippen LogP contribution in [0.1, 0.15) is 59.3 Å². The van der Waals surface area contributed by atoms with E-state index in [1.807, 2.05) is 42.2 Å². The number of aliphatic hydroxyl groups is 1. The van der Waals surface area contributed by atoms with Gasteiger partial charge in [0.1, 0.15) is 11.8 Å². The van der Waals surface area contributed by atoms with Crippen molar-refractivity contribution in [2.75, 3.05) is 37.7 Å². The average molecular weight is 596 g/mol. The molecule has 1 N–H and O–H groups in total. The third kappa shape index (κ3) is 5.50. The van der Waals surface area contributed by atoms with Gasteiger partial charge in [-0.05, 0) is 57.4 Å². The molecule has 3 amide bonds. The third-order valence-electron chi connectivity index (χ3n) is 9.19. The van der Waals surface area contributed by atoms with Crippen molar-refractivity contribution in [3.63, 3.8) is 0 Å². The molecule has 4 heterocycles. The zero-order valence-corrected chi connectivity index (χ0v) is 25.9. The van der Waals surface area contributed by atoms with Gasteiger partial charge in [0.2, 0.25) is 17.7 Å². The first kappa shape index (κ1) is 30.7. The van der Waals surface area contributed by atoms with Crippen LogP contribution in [-0.4, -0.2) is 87.6 Å². The Morgan fingerprint density at radius 1 is 1.00 bits per heavy atom. The van der Waals surface area contributed by atoms with Gasteiger partial charge in [-0.25, -0.2) is 0 Å². The van der Waals surface area contributed by atoms with Crippen molar-refractivity contribution >= 4 is 35.2 Å². The van der Waals surface area contributed by atoms with Gasteiger partial charge in [-0.3, -0.25) is 14.4 Å². The van der Waals surface area contributed by atoms with E-state index >= 15 is 0 Å². The predicted octanol–water partition coefficient (Wildman–Crippen LogP) is 4.43. The van der Waals surface area contributed by atoms with Gasteiger partial charge in [0.25, 0.3) is 0 Å². The van der Waals surface area contributed by atoms with Gasteiger partial charge in [-0.2, -0.15) is 0 Å².